The third kappa shape index (κ3) is 4.65. The first-order valence-corrected chi connectivity index (χ1v) is 14.8. The van der Waals surface area contributed by atoms with Crippen molar-refractivity contribution in [2.45, 2.75) is 108 Å². The van der Waals surface area contributed by atoms with Crippen LogP contribution in [0.3, 0.4) is 0 Å². The van der Waals surface area contributed by atoms with Crippen molar-refractivity contribution in [3.8, 4) is 0 Å². The minimum atomic E-state index is -0.841. The van der Waals surface area contributed by atoms with Crippen LogP contribution in [0.4, 0.5) is 0 Å². The molecule has 2 aliphatic carbocycles. The van der Waals surface area contributed by atoms with Gasteiger partial charge < -0.3 is 14.5 Å². The number of aromatic nitrogens is 2. The first-order chi connectivity index (χ1) is 18.6. The maximum absolute atomic E-state index is 14.0. The quantitative estimate of drug-likeness (QED) is 0.256. The third-order valence-corrected chi connectivity index (χ3v) is 9.73. The van der Waals surface area contributed by atoms with Crippen LogP contribution in [0.2, 0.25) is 0 Å². The predicted molar refractivity (Wildman–Crippen MR) is 146 cm³/mol. The molecule has 2 aromatic rings. The van der Waals surface area contributed by atoms with E-state index in [4.69, 9.17) is 4.74 Å². The van der Waals surface area contributed by atoms with E-state index in [0.717, 1.165) is 30.2 Å². The Morgan fingerprint density at radius 1 is 0.947 bits per heavy atom. The number of hydrogen-bond donors (Lipinski definition) is 1. The Morgan fingerprint density at radius 3 is 2.29 bits per heavy atom. The Hall–Kier alpha value is -2.74. The Kier molecular flexibility index (Phi) is 7.25. The van der Waals surface area contributed by atoms with Crippen LogP contribution < -0.4 is 5.56 Å². The topological polar surface area (TPSA) is 97.0 Å². The average molecular weight is 521 g/mol. The zero-order valence-electron chi connectivity index (χ0n) is 22.4. The van der Waals surface area contributed by atoms with Crippen LogP contribution in [0, 0.1) is 11.8 Å². The lowest BCUT2D eigenvalue weighted by Gasteiger charge is -2.54. The molecule has 204 valence electrons. The Morgan fingerprint density at radius 2 is 1.63 bits per heavy atom. The van der Waals surface area contributed by atoms with Crippen LogP contribution in [-0.4, -0.2) is 56.1 Å². The fraction of sp³-hybridized carbons (Fsp3) is 0.667. The molecule has 1 aromatic heterocycles. The van der Waals surface area contributed by atoms with Gasteiger partial charge in [0.1, 0.15) is 0 Å². The molecule has 0 spiro atoms. The highest BCUT2D eigenvalue weighted by Gasteiger charge is 2.45. The van der Waals surface area contributed by atoms with E-state index in [9.17, 15) is 14.8 Å². The van der Waals surface area contributed by atoms with Crippen molar-refractivity contribution >= 4 is 22.7 Å². The van der Waals surface area contributed by atoms with Crippen molar-refractivity contribution in [1.82, 2.24) is 14.5 Å². The van der Waals surface area contributed by atoms with E-state index in [-0.39, 0.29) is 23.9 Å². The maximum Gasteiger partial charge on any atom is 0.362 e. The molecule has 2 saturated carbocycles. The number of oxime groups is 1. The lowest BCUT2D eigenvalue weighted by Crippen LogP contribution is -2.58. The number of hydrogen-bond acceptors (Lipinski definition) is 7. The molecule has 0 amide bonds. The molecule has 4 unspecified atom stereocenters. The monoisotopic (exact) mass is 520 g/mol. The van der Waals surface area contributed by atoms with Gasteiger partial charge in [0.25, 0.3) is 5.56 Å². The van der Waals surface area contributed by atoms with Crippen LogP contribution in [0.15, 0.2) is 34.2 Å². The maximum atomic E-state index is 14.0. The third-order valence-electron chi connectivity index (χ3n) is 9.73. The summed E-state index contributed by atoms with van der Waals surface area (Å²) >= 11 is 0. The smallest absolute Gasteiger partial charge is 0.362 e. The van der Waals surface area contributed by atoms with Crippen molar-refractivity contribution in [2.24, 2.45) is 17.0 Å². The predicted octanol–water partition coefficient (Wildman–Crippen LogP) is 5.05. The van der Waals surface area contributed by atoms with Crippen LogP contribution in [0.1, 0.15) is 95.7 Å². The minimum absolute atomic E-state index is 0.00806. The lowest BCUT2D eigenvalue weighted by atomic mass is 9.73. The van der Waals surface area contributed by atoms with Gasteiger partial charge in [-0.1, -0.05) is 49.4 Å². The second-order valence-electron chi connectivity index (χ2n) is 12.0. The summed E-state index contributed by atoms with van der Waals surface area (Å²) in [5.74, 6) is 0.924. The Labute approximate surface area is 224 Å². The van der Waals surface area contributed by atoms with Gasteiger partial charge in [-0.2, -0.15) is 0 Å². The number of benzene rings is 1. The van der Waals surface area contributed by atoms with Gasteiger partial charge in [-0.3, -0.25) is 9.69 Å². The van der Waals surface area contributed by atoms with Gasteiger partial charge in [0.05, 0.1) is 17.6 Å². The standard InChI is InChI=1S/C30H40N4O4/c1-2-38-30(36)28(32-37)27-29(35)34(26-13-6-5-12-25(26)31-27)24-17-21-10-7-11-22(18-24)33(21)23-15-19-8-3-4-9-20(14-19)16-23/h5-6,12-13,19-24,37H,2-4,7-11,14-18H2,1H3/b32-28-/t19?,20?,21-,22?,23?,24?/m1/s1. The lowest BCUT2D eigenvalue weighted by molar-refractivity contribution is -0.135. The molecule has 8 heteroatoms. The number of carbonyl (C=O) groups is 1. The van der Waals surface area contributed by atoms with Gasteiger partial charge in [-0.15, -0.1) is 0 Å². The summed E-state index contributed by atoms with van der Waals surface area (Å²) in [5, 5.41) is 12.8. The highest BCUT2D eigenvalue weighted by Crippen LogP contribution is 2.47. The van der Waals surface area contributed by atoms with Crippen molar-refractivity contribution in [3.05, 3.63) is 40.3 Å². The molecule has 0 radical (unpaired) electrons. The number of fused-ring (bicyclic) bond motifs is 5. The number of nitrogens with zero attached hydrogens (tertiary/aromatic N) is 4. The molecule has 2 aliphatic heterocycles. The van der Waals surface area contributed by atoms with Gasteiger partial charge >= 0.3 is 5.97 Å². The molecule has 6 rings (SSSR count). The summed E-state index contributed by atoms with van der Waals surface area (Å²) in [6.07, 6.45) is 15.1. The number of para-hydroxylation sites is 2. The normalized spacial score (nSPS) is 32.1. The van der Waals surface area contributed by atoms with Crippen molar-refractivity contribution in [1.29, 1.82) is 0 Å². The second kappa shape index (κ2) is 10.8. The van der Waals surface area contributed by atoms with Crippen LogP contribution in [-0.2, 0) is 9.53 Å². The van der Waals surface area contributed by atoms with Crippen molar-refractivity contribution < 1.29 is 14.7 Å². The van der Waals surface area contributed by atoms with Crippen LogP contribution >= 0.6 is 0 Å². The first-order valence-electron chi connectivity index (χ1n) is 14.8. The molecule has 1 N–H and O–H groups in total. The molecular weight excluding hydrogens is 480 g/mol. The molecule has 4 aliphatic rings. The van der Waals surface area contributed by atoms with E-state index in [2.05, 4.69) is 15.0 Å². The fourth-order valence-corrected chi connectivity index (χ4v) is 8.36. The van der Waals surface area contributed by atoms with E-state index in [1.165, 1.54) is 64.2 Å². The van der Waals surface area contributed by atoms with E-state index in [1.807, 2.05) is 28.8 Å². The Bertz CT molecular complexity index is 1240. The molecule has 8 nitrogen and oxygen atoms in total. The summed E-state index contributed by atoms with van der Waals surface area (Å²) in [4.78, 5) is 33.8. The van der Waals surface area contributed by atoms with Gasteiger partial charge in [-0.25, -0.2) is 9.78 Å². The largest absolute Gasteiger partial charge is 0.461 e. The molecule has 5 atom stereocenters. The van der Waals surface area contributed by atoms with Gasteiger partial charge in [0, 0.05) is 24.2 Å². The summed E-state index contributed by atoms with van der Waals surface area (Å²) in [5.41, 5.74) is 0.413. The number of carbonyl (C=O) groups excluding carboxylic acids is 1. The molecular formula is C30H40N4O4. The average Bonchev–Trinajstić information content (AvgIpc) is 3.08. The van der Waals surface area contributed by atoms with Gasteiger partial charge in [-0.05, 0) is 75.8 Å². The molecule has 38 heavy (non-hydrogen) atoms. The van der Waals surface area contributed by atoms with Crippen molar-refractivity contribution in [2.75, 3.05) is 6.61 Å². The summed E-state index contributed by atoms with van der Waals surface area (Å²) in [6, 6.07) is 9.18. The highest BCUT2D eigenvalue weighted by atomic mass is 16.5. The highest BCUT2D eigenvalue weighted by molar-refractivity contribution is 6.42. The van der Waals surface area contributed by atoms with Crippen LogP contribution in [0.5, 0.6) is 0 Å². The SMILES string of the molecule is CCOC(=O)/C(=N\O)c1nc2ccccc2n(C2CC3CCC[C@H](C2)N3C2CC3CCCCC(C3)C2)c1=O. The zero-order valence-corrected chi connectivity index (χ0v) is 22.4. The summed E-state index contributed by atoms with van der Waals surface area (Å²) < 4.78 is 6.90. The number of ether oxygens (including phenoxy) is 1. The minimum Gasteiger partial charge on any atom is -0.461 e. The van der Waals surface area contributed by atoms with Crippen molar-refractivity contribution in [3.63, 3.8) is 0 Å². The second-order valence-corrected chi connectivity index (χ2v) is 12.0. The van der Waals surface area contributed by atoms with Crippen LogP contribution in [0.25, 0.3) is 11.0 Å². The van der Waals surface area contributed by atoms with E-state index in [1.54, 1.807) is 6.92 Å². The van der Waals surface area contributed by atoms with E-state index in [0.29, 0.717) is 23.6 Å². The Balaban J connectivity index is 1.35. The fourth-order valence-electron chi connectivity index (χ4n) is 8.36. The molecule has 1 aromatic carbocycles. The van der Waals surface area contributed by atoms with Gasteiger partial charge in [0.15, 0.2) is 5.69 Å². The summed E-state index contributed by atoms with van der Waals surface area (Å²) in [7, 11) is 0. The summed E-state index contributed by atoms with van der Waals surface area (Å²) in [6.45, 7) is 1.79. The molecule has 3 heterocycles. The van der Waals surface area contributed by atoms with Gasteiger partial charge in [0.2, 0.25) is 5.71 Å². The number of esters is 1. The zero-order chi connectivity index (χ0) is 26.2. The van der Waals surface area contributed by atoms with E-state index >= 15 is 0 Å². The van der Waals surface area contributed by atoms with E-state index < -0.39 is 11.7 Å². The molecule has 2 saturated heterocycles. The number of piperidine rings is 2. The molecule has 4 bridgehead atoms. The first kappa shape index (κ1) is 25.5. The number of rotatable bonds is 5. The molecule has 4 fully saturated rings.